The Hall–Kier alpha value is -1.26. The predicted molar refractivity (Wildman–Crippen MR) is 84.5 cm³/mol. The van der Waals surface area contributed by atoms with Crippen molar-refractivity contribution in [1.29, 1.82) is 0 Å². The quantitative estimate of drug-likeness (QED) is 0.622. The number of benzene rings is 1. The van der Waals surface area contributed by atoms with E-state index < -0.39 is 0 Å². The van der Waals surface area contributed by atoms with Gasteiger partial charge in [-0.15, -0.1) is 0 Å². The van der Waals surface area contributed by atoms with E-state index in [4.69, 9.17) is 18.9 Å². The minimum atomic E-state index is 0.384. The fourth-order valence-electron chi connectivity index (χ4n) is 2.71. The molecule has 4 atom stereocenters. The second-order valence-electron chi connectivity index (χ2n) is 6.15. The van der Waals surface area contributed by atoms with Gasteiger partial charge < -0.3 is 18.9 Å². The van der Waals surface area contributed by atoms with E-state index in [0.717, 1.165) is 37.6 Å². The first kappa shape index (κ1) is 15.6. The smallest absolute Gasteiger partial charge is 0.161 e. The zero-order valence-corrected chi connectivity index (χ0v) is 13.5. The Kier molecular flexibility index (Phi) is 5.21. The number of para-hydroxylation sites is 2. The molecule has 122 valence electrons. The van der Waals surface area contributed by atoms with E-state index in [-0.39, 0.29) is 0 Å². The molecule has 0 amide bonds. The first-order valence-electron chi connectivity index (χ1n) is 8.39. The Bertz CT molecular complexity index is 425. The Morgan fingerprint density at radius 3 is 1.64 bits per heavy atom. The Morgan fingerprint density at radius 2 is 1.32 bits per heavy atom. The first-order chi connectivity index (χ1) is 10.8. The maximum Gasteiger partial charge on any atom is 0.161 e. The molecule has 4 heteroatoms. The zero-order chi connectivity index (χ0) is 15.4. The summed E-state index contributed by atoms with van der Waals surface area (Å²) in [5.41, 5.74) is 0. The van der Waals surface area contributed by atoms with Crippen molar-refractivity contribution in [3.05, 3.63) is 24.3 Å². The molecule has 0 bridgehead atoms. The van der Waals surface area contributed by atoms with Gasteiger partial charge in [-0.05, 0) is 25.0 Å². The molecule has 4 nitrogen and oxygen atoms in total. The fraction of sp³-hybridized carbons (Fsp3) is 0.667. The second kappa shape index (κ2) is 7.34. The summed E-state index contributed by atoms with van der Waals surface area (Å²) in [5.74, 6) is 2.59. The maximum atomic E-state index is 6.00. The van der Waals surface area contributed by atoms with Crippen LogP contribution >= 0.6 is 0 Å². The van der Waals surface area contributed by atoms with E-state index >= 15 is 0 Å². The summed E-state index contributed by atoms with van der Waals surface area (Å²) in [6.07, 6.45) is 2.92. The van der Waals surface area contributed by atoms with Crippen LogP contribution in [0.4, 0.5) is 0 Å². The van der Waals surface area contributed by atoms with Gasteiger partial charge in [0, 0.05) is 11.8 Å². The van der Waals surface area contributed by atoms with Gasteiger partial charge in [0.2, 0.25) is 0 Å². The minimum absolute atomic E-state index is 0.384. The van der Waals surface area contributed by atoms with Crippen molar-refractivity contribution in [2.24, 2.45) is 11.8 Å². The van der Waals surface area contributed by atoms with Crippen LogP contribution in [0.25, 0.3) is 0 Å². The molecule has 2 aliphatic rings. The van der Waals surface area contributed by atoms with Gasteiger partial charge >= 0.3 is 0 Å². The molecule has 3 rings (SSSR count). The van der Waals surface area contributed by atoms with Crippen molar-refractivity contribution in [2.45, 2.75) is 38.9 Å². The molecule has 0 spiro atoms. The van der Waals surface area contributed by atoms with Gasteiger partial charge in [0.05, 0.1) is 38.6 Å². The van der Waals surface area contributed by atoms with Crippen LogP contribution in [-0.4, -0.2) is 38.6 Å². The van der Waals surface area contributed by atoms with Crippen molar-refractivity contribution in [1.82, 2.24) is 0 Å². The number of hydrogen-bond acceptors (Lipinski definition) is 4. The lowest BCUT2D eigenvalue weighted by Gasteiger charge is -2.18. The number of epoxide rings is 2. The van der Waals surface area contributed by atoms with E-state index in [1.807, 2.05) is 24.3 Å². The summed E-state index contributed by atoms with van der Waals surface area (Å²) in [6.45, 7) is 7.48. The summed E-state index contributed by atoms with van der Waals surface area (Å²) >= 11 is 0. The van der Waals surface area contributed by atoms with Crippen LogP contribution in [0, 0.1) is 11.8 Å². The molecule has 2 aliphatic heterocycles. The molecular formula is C18H26O4. The molecule has 4 unspecified atom stereocenters. The van der Waals surface area contributed by atoms with Gasteiger partial charge in [0.1, 0.15) is 0 Å². The van der Waals surface area contributed by atoms with Crippen LogP contribution in [0.2, 0.25) is 0 Å². The van der Waals surface area contributed by atoms with E-state index in [9.17, 15) is 0 Å². The zero-order valence-electron chi connectivity index (χ0n) is 13.5. The molecule has 2 heterocycles. The van der Waals surface area contributed by atoms with E-state index in [1.165, 1.54) is 0 Å². The normalized spacial score (nSPS) is 25.4. The third-order valence-corrected chi connectivity index (χ3v) is 4.57. The average Bonchev–Trinajstić information content (AvgIpc) is 3.42. The van der Waals surface area contributed by atoms with E-state index in [1.54, 1.807) is 0 Å². The highest BCUT2D eigenvalue weighted by atomic mass is 16.6. The number of hydrogen-bond donors (Lipinski definition) is 0. The van der Waals surface area contributed by atoms with Crippen molar-refractivity contribution in [3.63, 3.8) is 0 Å². The molecule has 2 saturated heterocycles. The minimum Gasteiger partial charge on any atom is -0.489 e. The average molecular weight is 306 g/mol. The molecule has 22 heavy (non-hydrogen) atoms. The monoisotopic (exact) mass is 306 g/mol. The summed E-state index contributed by atoms with van der Waals surface area (Å²) < 4.78 is 22.8. The highest BCUT2D eigenvalue weighted by Gasteiger charge is 2.33. The van der Waals surface area contributed by atoms with Crippen LogP contribution in [-0.2, 0) is 9.47 Å². The van der Waals surface area contributed by atoms with Gasteiger partial charge in [-0.2, -0.15) is 0 Å². The van der Waals surface area contributed by atoms with Crippen molar-refractivity contribution in [2.75, 3.05) is 26.4 Å². The third-order valence-electron chi connectivity index (χ3n) is 4.57. The second-order valence-corrected chi connectivity index (χ2v) is 6.15. The summed E-state index contributed by atoms with van der Waals surface area (Å²) in [5, 5.41) is 0. The van der Waals surface area contributed by atoms with Crippen LogP contribution in [0.5, 0.6) is 11.5 Å². The molecule has 2 fully saturated rings. The molecule has 0 aliphatic carbocycles. The van der Waals surface area contributed by atoms with Crippen molar-refractivity contribution >= 4 is 0 Å². The molecule has 0 saturated carbocycles. The lowest BCUT2D eigenvalue weighted by molar-refractivity contribution is 0.179. The van der Waals surface area contributed by atoms with Gasteiger partial charge in [-0.25, -0.2) is 0 Å². The third kappa shape index (κ3) is 4.14. The molecule has 0 N–H and O–H groups in total. The lowest BCUT2D eigenvalue weighted by Crippen LogP contribution is -2.19. The molecule has 1 aromatic carbocycles. The van der Waals surface area contributed by atoms with Crippen LogP contribution in [0.1, 0.15) is 26.7 Å². The van der Waals surface area contributed by atoms with Crippen LogP contribution in [0.3, 0.4) is 0 Å². The SMILES string of the molecule is CCC(COc1ccccc1OCC(CC)C1CO1)C1CO1. The maximum absolute atomic E-state index is 6.00. The van der Waals surface area contributed by atoms with Crippen molar-refractivity contribution in [3.8, 4) is 11.5 Å². The Morgan fingerprint density at radius 1 is 0.909 bits per heavy atom. The number of ether oxygens (including phenoxy) is 4. The number of rotatable bonds is 10. The van der Waals surface area contributed by atoms with Gasteiger partial charge in [-0.3, -0.25) is 0 Å². The van der Waals surface area contributed by atoms with Gasteiger partial charge in [0.25, 0.3) is 0 Å². The fourth-order valence-corrected chi connectivity index (χ4v) is 2.71. The van der Waals surface area contributed by atoms with Crippen LogP contribution < -0.4 is 9.47 Å². The molecule has 1 aromatic rings. The largest absolute Gasteiger partial charge is 0.489 e. The van der Waals surface area contributed by atoms with E-state index in [2.05, 4.69) is 13.8 Å². The summed E-state index contributed by atoms with van der Waals surface area (Å²) in [4.78, 5) is 0. The van der Waals surface area contributed by atoms with Crippen molar-refractivity contribution < 1.29 is 18.9 Å². The molecular weight excluding hydrogens is 280 g/mol. The summed E-state index contributed by atoms with van der Waals surface area (Å²) in [7, 11) is 0. The highest BCUT2D eigenvalue weighted by Crippen LogP contribution is 2.31. The lowest BCUT2D eigenvalue weighted by atomic mass is 10.0. The molecule has 0 aromatic heterocycles. The standard InChI is InChI=1S/C18H26O4/c1-3-13(17-11-21-17)9-19-15-7-5-6-8-16(15)20-10-14(4-2)18-12-22-18/h5-8,13-14,17-18H,3-4,9-12H2,1-2H3. The summed E-state index contributed by atoms with van der Waals surface area (Å²) in [6, 6.07) is 7.92. The van der Waals surface area contributed by atoms with E-state index in [0.29, 0.717) is 37.3 Å². The predicted octanol–water partition coefficient (Wildman–Crippen LogP) is 3.29. The topological polar surface area (TPSA) is 43.5 Å². The highest BCUT2D eigenvalue weighted by molar-refractivity contribution is 5.39. The Labute approximate surface area is 132 Å². The molecule has 0 radical (unpaired) electrons. The Balaban J connectivity index is 1.54. The van der Waals surface area contributed by atoms with Gasteiger partial charge in [0.15, 0.2) is 11.5 Å². The van der Waals surface area contributed by atoms with Gasteiger partial charge in [-0.1, -0.05) is 26.0 Å². The van der Waals surface area contributed by atoms with Crippen LogP contribution in [0.15, 0.2) is 24.3 Å². The first-order valence-corrected chi connectivity index (χ1v) is 8.39.